The molecule has 2 N–H and O–H groups in total. The van der Waals surface area contributed by atoms with E-state index in [0.29, 0.717) is 21.3 Å². The third kappa shape index (κ3) is 4.09. The SMILES string of the molecule is C=CCNC(=O)NC(=O)Cn1cnc2scc(-c3ccc(F)cc3)c2c1=O. The third-order valence-corrected chi connectivity index (χ3v) is 4.58. The zero-order valence-corrected chi connectivity index (χ0v) is 14.9. The number of hydrogen-bond donors (Lipinski definition) is 2. The number of nitrogens with one attached hydrogen (secondary N) is 2. The minimum Gasteiger partial charge on any atom is -0.334 e. The molecule has 3 rings (SSSR count). The van der Waals surface area contributed by atoms with Crippen LogP contribution < -0.4 is 16.2 Å². The number of hydrogen-bond acceptors (Lipinski definition) is 5. The van der Waals surface area contributed by atoms with Crippen LogP contribution in [0.4, 0.5) is 9.18 Å². The van der Waals surface area contributed by atoms with Gasteiger partial charge in [-0.25, -0.2) is 14.2 Å². The summed E-state index contributed by atoms with van der Waals surface area (Å²) in [5.41, 5.74) is 0.876. The van der Waals surface area contributed by atoms with Gasteiger partial charge in [-0.1, -0.05) is 18.2 Å². The van der Waals surface area contributed by atoms with E-state index in [9.17, 15) is 18.8 Å². The fourth-order valence-electron chi connectivity index (χ4n) is 2.45. The molecule has 7 nitrogen and oxygen atoms in total. The number of aromatic nitrogens is 2. The van der Waals surface area contributed by atoms with Gasteiger partial charge < -0.3 is 5.32 Å². The first-order valence-electron chi connectivity index (χ1n) is 7.90. The number of carbonyl (C=O) groups excluding carboxylic acids is 2. The molecule has 0 fully saturated rings. The number of nitrogens with zero attached hydrogens (tertiary/aromatic N) is 2. The van der Waals surface area contributed by atoms with E-state index in [4.69, 9.17) is 0 Å². The van der Waals surface area contributed by atoms with Gasteiger partial charge in [-0.3, -0.25) is 19.5 Å². The Bertz CT molecular complexity index is 1070. The average Bonchev–Trinajstić information content (AvgIpc) is 3.08. The number of carbonyl (C=O) groups is 2. The van der Waals surface area contributed by atoms with Crippen LogP contribution >= 0.6 is 11.3 Å². The second-order valence-electron chi connectivity index (χ2n) is 5.56. The molecule has 0 aliphatic carbocycles. The molecule has 0 saturated heterocycles. The van der Waals surface area contributed by atoms with Crippen molar-refractivity contribution in [2.24, 2.45) is 0 Å². The number of benzene rings is 1. The molecule has 1 aromatic carbocycles. The van der Waals surface area contributed by atoms with Gasteiger partial charge in [-0.15, -0.1) is 17.9 Å². The van der Waals surface area contributed by atoms with Crippen molar-refractivity contribution in [2.75, 3.05) is 6.54 Å². The molecule has 0 aliphatic rings. The Labute approximate surface area is 157 Å². The van der Waals surface area contributed by atoms with E-state index in [2.05, 4.69) is 22.2 Å². The molecule has 0 unspecified atom stereocenters. The highest BCUT2D eigenvalue weighted by atomic mass is 32.1. The Morgan fingerprint density at radius 1 is 1.30 bits per heavy atom. The van der Waals surface area contributed by atoms with Crippen molar-refractivity contribution in [2.45, 2.75) is 6.54 Å². The highest BCUT2D eigenvalue weighted by Crippen LogP contribution is 2.30. The normalized spacial score (nSPS) is 10.6. The predicted octanol–water partition coefficient (Wildman–Crippen LogP) is 2.28. The van der Waals surface area contributed by atoms with Gasteiger partial charge in [0.15, 0.2) is 0 Å². The average molecular weight is 386 g/mol. The Kier molecular flexibility index (Phi) is 5.41. The van der Waals surface area contributed by atoms with E-state index >= 15 is 0 Å². The van der Waals surface area contributed by atoms with Crippen LogP contribution in [0.25, 0.3) is 21.3 Å². The van der Waals surface area contributed by atoms with Crippen molar-refractivity contribution in [3.8, 4) is 11.1 Å². The van der Waals surface area contributed by atoms with Crippen LogP contribution in [0, 0.1) is 5.82 Å². The second-order valence-corrected chi connectivity index (χ2v) is 6.42. The summed E-state index contributed by atoms with van der Waals surface area (Å²) >= 11 is 1.28. The van der Waals surface area contributed by atoms with Crippen LogP contribution in [-0.4, -0.2) is 28.0 Å². The number of amides is 3. The fraction of sp³-hybridized carbons (Fsp3) is 0.111. The molecule has 3 amide bonds. The lowest BCUT2D eigenvalue weighted by Gasteiger charge is -2.07. The van der Waals surface area contributed by atoms with Crippen LogP contribution in [0.15, 0.2) is 53.4 Å². The molecule has 3 aromatic rings. The summed E-state index contributed by atoms with van der Waals surface area (Å²) in [5, 5.41) is 6.63. The number of urea groups is 1. The Hall–Kier alpha value is -3.33. The molecule has 2 heterocycles. The molecule has 0 radical (unpaired) electrons. The minimum atomic E-state index is -0.676. The van der Waals surface area contributed by atoms with Crippen molar-refractivity contribution in [3.63, 3.8) is 0 Å². The van der Waals surface area contributed by atoms with Gasteiger partial charge in [0.2, 0.25) is 5.91 Å². The molecule has 9 heteroatoms. The number of rotatable bonds is 5. The summed E-state index contributed by atoms with van der Waals surface area (Å²) in [6, 6.07) is 5.09. The zero-order valence-electron chi connectivity index (χ0n) is 14.1. The monoisotopic (exact) mass is 386 g/mol. The summed E-state index contributed by atoms with van der Waals surface area (Å²) < 4.78 is 14.3. The van der Waals surface area contributed by atoms with Crippen LogP contribution in [-0.2, 0) is 11.3 Å². The smallest absolute Gasteiger partial charge is 0.321 e. The zero-order chi connectivity index (χ0) is 19.4. The Morgan fingerprint density at radius 3 is 2.74 bits per heavy atom. The van der Waals surface area contributed by atoms with Crippen LogP contribution in [0.3, 0.4) is 0 Å². The van der Waals surface area contributed by atoms with E-state index in [1.54, 1.807) is 17.5 Å². The van der Waals surface area contributed by atoms with Gasteiger partial charge in [-0.05, 0) is 17.7 Å². The lowest BCUT2D eigenvalue weighted by Crippen LogP contribution is -2.42. The summed E-state index contributed by atoms with van der Waals surface area (Å²) in [5.74, 6) is -1.03. The van der Waals surface area contributed by atoms with E-state index in [1.165, 1.54) is 35.9 Å². The van der Waals surface area contributed by atoms with Gasteiger partial charge >= 0.3 is 6.03 Å². The maximum Gasteiger partial charge on any atom is 0.321 e. The fourth-order valence-corrected chi connectivity index (χ4v) is 3.36. The number of halogens is 1. The van der Waals surface area contributed by atoms with E-state index in [0.717, 1.165) is 4.57 Å². The van der Waals surface area contributed by atoms with Crippen molar-refractivity contribution in [1.82, 2.24) is 20.2 Å². The van der Waals surface area contributed by atoms with Crippen LogP contribution in [0.1, 0.15) is 0 Å². The standard InChI is InChI=1S/C18H15FN4O3S/c1-2-7-20-18(26)22-14(24)8-23-10-21-16-15(17(23)25)13(9-27-16)11-3-5-12(19)6-4-11/h2-6,9-10H,1,7-8H2,(H2,20,22,24,26). The predicted molar refractivity (Wildman–Crippen MR) is 101 cm³/mol. The van der Waals surface area contributed by atoms with Gasteiger partial charge in [0.1, 0.15) is 17.2 Å². The van der Waals surface area contributed by atoms with Crippen molar-refractivity contribution in [1.29, 1.82) is 0 Å². The number of imide groups is 1. The lowest BCUT2D eigenvalue weighted by molar-refractivity contribution is -0.120. The largest absolute Gasteiger partial charge is 0.334 e. The summed E-state index contributed by atoms with van der Waals surface area (Å²) in [7, 11) is 0. The first-order valence-corrected chi connectivity index (χ1v) is 8.78. The third-order valence-electron chi connectivity index (χ3n) is 3.69. The minimum absolute atomic E-state index is 0.211. The van der Waals surface area contributed by atoms with Gasteiger partial charge in [0.05, 0.1) is 11.7 Å². The Balaban J connectivity index is 1.88. The quantitative estimate of drug-likeness (QED) is 0.658. The van der Waals surface area contributed by atoms with Crippen molar-refractivity contribution >= 4 is 33.5 Å². The second kappa shape index (κ2) is 7.92. The van der Waals surface area contributed by atoms with Crippen LogP contribution in [0.2, 0.25) is 0 Å². The molecule has 27 heavy (non-hydrogen) atoms. The molecule has 0 atom stereocenters. The first-order chi connectivity index (χ1) is 13.0. The Morgan fingerprint density at radius 2 is 2.04 bits per heavy atom. The summed E-state index contributed by atoms with van der Waals surface area (Å²) in [4.78, 5) is 41.0. The summed E-state index contributed by atoms with van der Waals surface area (Å²) in [6.07, 6.45) is 2.73. The first kappa shape index (κ1) is 18.5. The number of fused-ring (bicyclic) bond motifs is 1. The lowest BCUT2D eigenvalue weighted by atomic mass is 10.1. The molecule has 0 bridgehead atoms. The highest BCUT2D eigenvalue weighted by molar-refractivity contribution is 7.17. The van der Waals surface area contributed by atoms with E-state index in [-0.39, 0.29) is 18.9 Å². The molecule has 0 aliphatic heterocycles. The highest BCUT2D eigenvalue weighted by Gasteiger charge is 2.15. The summed E-state index contributed by atoms with van der Waals surface area (Å²) in [6.45, 7) is 3.30. The molecule has 0 spiro atoms. The maximum absolute atomic E-state index is 13.2. The van der Waals surface area contributed by atoms with Crippen LogP contribution in [0.5, 0.6) is 0 Å². The molecule has 138 valence electrons. The molecular weight excluding hydrogens is 371 g/mol. The van der Waals surface area contributed by atoms with E-state index < -0.39 is 17.5 Å². The molecular formula is C18H15FN4O3S. The van der Waals surface area contributed by atoms with Gasteiger partial charge in [0.25, 0.3) is 5.56 Å². The number of thiophene rings is 1. The molecule has 0 saturated carbocycles. The van der Waals surface area contributed by atoms with Crippen molar-refractivity contribution < 1.29 is 14.0 Å². The van der Waals surface area contributed by atoms with Crippen molar-refractivity contribution in [3.05, 3.63) is 64.8 Å². The van der Waals surface area contributed by atoms with Gasteiger partial charge in [0, 0.05) is 17.5 Å². The molecule has 2 aromatic heterocycles. The van der Waals surface area contributed by atoms with Gasteiger partial charge in [-0.2, -0.15) is 0 Å². The topological polar surface area (TPSA) is 93.1 Å². The maximum atomic E-state index is 13.2. The van der Waals surface area contributed by atoms with E-state index in [1.807, 2.05) is 0 Å².